The molecule has 184 valence electrons. The zero-order valence-electron chi connectivity index (χ0n) is 17.0. The van der Waals surface area contributed by atoms with Crippen molar-refractivity contribution in [2.75, 3.05) is 36.9 Å². The van der Waals surface area contributed by atoms with E-state index in [1.165, 1.54) is 12.1 Å². The topological polar surface area (TPSA) is 226 Å². The van der Waals surface area contributed by atoms with Crippen LogP contribution in [0.25, 0.3) is 0 Å². The summed E-state index contributed by atoms with van der Waals surface area (Å²) in [7, 11) is -9.40. The minimum absolute atomic E-state index is 0.0421. The Morgan fingerprint density at radius 1 is 0.647 bits per heavy atom. The molecule has 16 heteroatoms. The number of hydrogen-bond donors (Lipinski definition) is 6. The number of anilines is 2. The van der Waals surface area contributed by atoms with E-state index in [0.717, 1.165) is 12.1 Å². The van der Waals surface area contributed by atoms with Crippen molar-refractivity contribution in [3.8, 4) is 11.5 Å². The highest BCUT2D eigenvalue weighted by Gasteiger charge is 2.37. The Morgan fingerprint density at radius 3 is 1.32 bits per heavy atom. The molecule has 0 spiro atoms. The standard InChI is InChI=1S/C18H18N2O12S2/c21-11-3-4-12(22)16-15(11)17(23)13-9(19-5-7-31-33(25,26)27)1-2-10(14(13)18(16)24)20-6-8-32-34(28,29)30/h1-4,19-22H,5-8H2,(H,25,26,27)(H,28,29,30). The van der Waals surface area contributed by atoms with Gasteiger partial charge in [-0.1, -0.05) is 0 Å². The summed E-state index contributed by atoms with van der Waals surface area (Å²) in [6.07, 6.45) is 0. The van der Waals surface area contributed by atoms with Gasteiger partial charge >= 0.3 is 20.8 Å². The molecule has 0 unspecified atom stereocenters. The first-order chi connectivity index (χ1) is 15.8. The third-order valence-electron chi connectivity index (χ3n) is 4.57. The fourth-order valence-electron chi connectivity index (χ4n) is 3.32. The van der Waals surface area contributed by atoms with Gasteiger partial charge in [-0.25, -0.2) is 8.37 Å². The second-order valence-corrected chi connectivity index (χ2v) is 8.96. The molecule has 6 N–H and O–H groups in total. The van der Waals surface area contributed by atoms with Gasteiger partial charge in [0, 0.05) is 24.5 Å². The van der Waals surface area contributed by atoms with E-state index in [-0.39, 0.29) is 35.6 Å². The summed E-state index contributed by atoms with van der Waals surface area (Å²) in [6, 6.07) is 4.75. The first-order valence-electron chi connectivity index (χ1n) is 9.33. The Hall–Kier alpha value is -3.28. The van der Waals surface area contributed by atoms with Gasteiger partial charge in [-0.15, -0.1) is 0 Å². The van der Waals surface area contributed by atoms with E-state index in [1.54, 1.807) is 0 Å². The molecule has 0 bridgehead atoms. The van der Waals surface area contributed by atoms with E-state index in [4.69, 9.17) is 9.11 Å². The van der Waals surface area contributed by atoms with Gasteiger partial charge in [-0.05, 0) is 24.3 Å². The lowest BCUT2D eigenvalue weighted by molar-refractivity contribution is 0.0975. The number of rotatable bonds is 10. The molecule has 0 radical (unpaired) electrons. The summed E-state index contributed by atoms with van der Waals surface area (Å²) in [4.78, 5) is 26.5. The average Bonchev–Trinajstić information content (AvgIpc) is 2.72. The number of hydrogen-bond acceptors (Lipinski definition) is 12. The molecule has 0 heterocycles. The molecule has 14 nitrogen and oxygen atoms in total. The number of phenols is 2. The third kappa shape index (κ3) is 5.61. The lowest BCUT2D eigenvalue weighted by Gasteiger charge is -2.24. The first-order valence-corrected chi connectivity index (χ1v) is 12.1. The van der Waals surface area contributed by atoms with Crippen molar-refractivity contribution in [1.29, 1.82) is 0 Å². The van der Waals surface area contributed by atoms with Crippen LogP contribution in [0.2, 0.25) is 0 Å². The van der Waals surface area contributed by atoms with E-state index in [0.29, 0.717) is 0 Å². The zero-order chi connectivity index (χ0) is 25.3. The van der Waals surface area contributed by atoms with Crippen molar-refractivity contribution < 1.29 is 54.1 Å². The van der Waals surface area contributed by atoms with Gasteiger partial charge in [-0.2, -0.15) is 16.8 Å². The van der Waals surface area contributed by atoms with Gasteiger partial charge in [0.15, 0.2) is 0 Å². The molecular weight excluding hydrogens is 500 g/mol. The monoisotopic (exact) mass is 518 g/mol. The fraction of sp³-hybridized carbons (Fsp3) is 0.222. The highest BCUT2D eigenvalue weighted by Crippen LogP contribution is 2.42. The lowest BCUT2D eigenvalue weighted by atomic mass is 9.81. The lowest BCUT2D eigenvalue weighted by Crippen LogP contribution is -2.26. The first kappa shape index (κ1) is 25.3. The van der Waals surface area contributed by atoms with Crippen LogP contribution in [0, 0.1) is 0 Å². The summed E-state index contributed by atoms with van der Waals surface area (Å²) in [5.74, 6) is -2.79. The maximum Gasteiger partial charge on any atom is 0.397 e. The van der Waals surface area contributed by atoms with Gasteiger partial charge in [0.1, 0.15) is 11.5 Å². The maximum atomic E-state index is 13.3. The Labute approximate surface area is 193 Å². The number of benzene rings is 2. The largest absolute Gasteiger partial charge is 0.507 e. The summed E-state index contributed by atoms with van der Waals surface area (Å²) >= 11 is 0. The SMILES string of the molecule is O=C1c2c(O)ccc(O)c2C(=O)c2c(NCCOS(=O)(=O)O)ccc(NCCOS(=O)(=O)O)c21. The molecule has 0 saturated heterocycles. The van der Waals surface area contributed by atoms with Gasteiger partial charge in [0.05, 0.1) is 35.5 Å². The highest BCUT2D eigenvalue weighted by molar-refractivity contribution is 7.81. The molecule has 0 amide bonds. The van der Waals surface area contributed by atoms with Crippen LogP contribution in [-0.4, -0.2) is 74.0 Å². The van der Waals surface area contributed by atoms with E-state index >= 15 is 0 Å². The average molecular weight is 518 g/mol. The van der Waals surface area contributed by atoms with Crippen molar-refractivity contribution in [3.05, 3.63) is 46.5 Å². The van der Waals surface area contributed by atoms with Crippen LogP contribution in [-0.2, 0) is 29.2 Å². The van der Waals surface area contributed by atoms with Crippen LogP contribution in [0.1, 0.15) is 31.8 Å². The predicted octanol–water partition coefficient (Wildman–Crippen LogP) is 0.336. The van der Waals surface area contributed by atoms with Gasteiger partial charge in [0.25, 0.3) is 0 Å². The van der Waals surface area contributed by atoms with Crippen molar-refractivity contribution in [1.82, 2.24) is 0 Å². The maximum absolute atomic E-state index is 13.3. The molecular formula is C18H18N2O12S2. The van der Waals surface area contributed by atoms with Crippen LogP contribution in [0.15, 0.2) is 24.3 Å². The molecule has 34 heavy (non-hydrogen) atoms. The van der Waals surface area contributed by atoms with Crippen molar-refractivity contribution in [2.24, 2.45) is 0 Å². The minimum atomic E-state index is -4.70. The molecule has 0 aliphatic heterocycles. The van der Waals surface area contributed by atoms with Gasteiger partial charge in [0.2, 0.25) is 11.6 Å². The summed E-state index contributed by atoms with van der Waals surface area (Å²) in [6.45, 7) is -1.49. The molecule has 0 saturated carbocycles. The van der Waals surface area contributed by atoms with E-state index in [1.807, 2.05) is 0 Å². The Bertz CT molecular complexity index is 1270. The normalized spacial score (nSPS) is 13.4. The molecule has 2 aromatic rings. The number of carbonyl (C=O) groups is 2. The van der Waals surface area contributed by atoms with E-state index < -0.39 is 68.2 Å². The predicted molar refractivity (Wildman–Crippen MR) is 115 cm³/mol. The van der Waals surface area contributed by atoms with E-state index in [2.05, 4.69) is 19.0 Å². The Kier molecular flexibility index (Phi) is 7.10. The summed E-state index contributed by atoms with van der Waals surface area (Å²) in [5, 5.41) is 25.7. The zero-order valence-corrected chi connectivity index (χ0v) is 18.6. The second kappa shape index (κ2) is 9.53. The quantitative estimate of drug-likeness (QED) is 0.121. The number of carbonyl (C=O) groups excluding carboxylic acids is 2. The van der Waals surface area contributed by atoms with Crippen LogP contribution < -0.4 is 10.6 Å². The van der Waals surface area contributed by atoms with Crippen LogP contribution in [0.5, 0.6) is 11.5 Å². The Morgan fingerprint density at radius 2 is 1.00 bits per heavy atom. The summed E-state index contributed by atoms with van der Waals surface area (Å²) < 4.78 is 68.4. The van der Waals surface area contributed by atoms with Crippen LogP contribution >= 0.6 is 0 Å². The number of fused-ring (bicyclic) bond motifs is 2. The molecule has 3 rings (SSSR count). The smallest absolute Gasteiger partial charge is 0.397 e. The van der Waals surface area contributed by atoms with Crippen molar-refractivity contribution in [2.45, 2.75) is 0 Å². The highest BCUT2D eigenvalue weighted by atomic mass is 32.3. The minimum Gasteiger partial charge on any atom is -0.507 e. The van der Waals surface area contributed by atoms with Gasteiger partial charge < -0.3 is 20.8 Å². The molecule has 2 aromatic carbocycles. The van der Waals surface area contributed by atoms with Crippen molar-refractivity contribution in [3.63, 3.8) is 0 Å². The fourth-order valence-corrected chi connectivity index (χ4v) is 3.91. The summed E-state index contributed by atoms with van der Waals surface area (Å²) in [5.41, 5.74) is -1.26. The number of aromatic hydroxyl groups is 2. The molecule has 0 aromatic heterocycles. The van der Waals surface area contributed by atoms with Crippen molar-refractivity contribution >= 4 is 43.7 Å². The molecule has 0 fully saturated rings. The molecule has 1 aliphatic carbocycles. The number of nitrogens with one attached hydrogen (secondary N) is 2. The van der Waals surface area contributed by atoms with Crippen LogP contribution in [0.3, 0.4) is 0 Å². The molecule has 0 atom stereocenters. The third-order valence-corrected chi connectivity index (χ3v) is 5.50. The molecule has 1 aliphatic rings. The van der Waals surface area contributed by atoms with E-state index in [9.17, 15) is 36.6 Å². The number of ketones is 2. The Balaban J connectivity index is 2.01. The second-order valence-electron chi connectivity index (χ2n) is 6.78. The number of phenolic OH excluding ortho intramolecular Hbond substituents is 2. The van der Waals surface area contributed by atoms with Gasteiger partial charge in [-0.3, -0.25) is 18.7 Å². The van der Waals surface area contributed by atoms with Crippen LogP contribution in [0.4, 0.5) is 11.4 Å².